The number of nitrogens with zero attached hydrogens (tertiary/aromatic N) is 6. The van der Waals surface area contributed by atoms with Gasteiger partial charge in [0.25, 0.3) is 0 Å². The number of anilines is 1. The Morgan fingerprint density at radius 2 is 1.71 bits per heavy atom. The second kappa shape index (κ2) is 8.16. The summed E-state index contributed by atoms with van der Waals surface area (Å²) < 4.78 is 0. The van der Waals surface area contributed by atoms with Crippen LogP contribution >= 0.6 is 0 Å². The lowest BCUT2D eigenvalue weighted by Gasteiger charge is -2.25. The van der Waals surface area contributed by atoms with Crippen LogP contribution in [0.15, 0.2) is 87.7 Å². The first-order valence-corrected chi connectivity index (χ1v) is 14.3. The maximum Gasteiger partial charge on any atom is 0.180 e. The van der Waals surface area contributed by atoms with Gasteiger partial charge in [-0.1, -0.05) is 86.0 Å². The third kappa shape index (κ3) is 2.96. The Hall–Kier alpha value is -5.24. The number of aromatic nitrogens is 2. The Balaban J connectivity index is 1.37. The van der Waals surface area contributed by atoms with E-state index in [-0.39, 0.29) is 6.17 Å². The van der Waals surface area contributed by atoms with Crippen LogP contribution < -0.4 is 15.9 Å². The Kier molecular flexibility index (Phi) is 4.56. The summed E-state index contributed by atoms with van der Waals surface area (Å²) in [6.45, 7) is 8.99. The summed E-state index contributed by atoms with van der Waals surface area (Å²) >= 11 is 0. The van der Waals surface area contributed by atoms with Gasteiger partial charge in [-0.25, -0.2) is 20.0 Å². The van der Waals surface area contributed by atoms with Gasteiger partial charge in [-0.15, -0.1) is 0 Å². The smallest absolute Gasteiger partial charge is 0.180 e. The van der Waals surface area contributed by atoms with E-state index in [0.29, 0.717) is 16.8 Å². The van der Waals surface area contributed by atoms with Gasteiger partial charge in [0.1, 0.15) is 28.4 Å². The molecule has 0 saturated carbocycles. The lowest BCUT2D eigenvalue weighted by Crippen LogP contribution is -2.29. The van der Waals surface area contributed by atoms with Gasteiger partial charge in [-0.2, -0.15) is 0 Å². The molecule has 8 bridgehead atoms. The van der Waals surface area contributed by atoms with E-state index in [1.807, 2.05) is 18.2 Å². The maximum atomic E-state index is 5.47. The molecule has 6 heterocycles. The number of H-pyrrole nitrogens is 2. The van der Waals surface area contributed by atoms with Gasteiger partial charge >= 0.3 is 0 Å². The fourth-order valence-corrected chi connectivity index (χ4v) is 7.05. The van der Waals surface area contributed by atoms with Gasteiger partial charge in [0.15, 0.2) is 17.7 Å². The molecule has 204 valence electrons. The lowest BCUT2D eigenvalue weighted by atomic mass is 10.0. The molecule has 1 aliphatic carbocycles. The minimum Gasteiger partial charge on any atom is -0.333 e. The Morgan fingerprint density at radius 3 is 2.55 bits per heavy atom. The molecule has 2 unspecified atom stereocenters. The fourth-order valence-electron chi connectivity index (χ4n) is 7.05. The summed E-state index contributed by atoms with van der Waals surface area (Å²) in [4.78, 5) is 32.7. The molecule has 2 aromatic carbocycles. The zero-order valence-corrected chi connectivity index (χ0v) is 23.2. The molecule has 1 fully saturated rings. The SMILES string of the molecule is C=Cc1c(C=C)/c2[nH]c1=NC1=NC(c3ccccc31)N(C)C1=NC3(CN3c3[nH]c(c4c3C=CCC4)\N=2)c2ccccc21. The molecule has 8 heteroatoms. The number of allylic oxidation sites excluding steroid dienone is 1. The molecule has 8 nitrogen and oxygen atoms in total. The zero-order valence-electron chi connectivity index (χ0n) is 23.2. The molecular formula is C34H28N8. The lowest BCUT2D eigenvalue weighted by molar-refractivity contribution is 0.393. The minimum absolute atomic E-state index is 0.264. The Labute approximate surface area is 242 Å². The molecule has 0 amide bonds. The van der Waals surface area contributed by atoms with Crippen molar-refractivity contribution in [3.63, 3.8) is 0 Å². The van der Waals surface area contributed by atoms with Crippen molar-refractivity contribution >= 4 is 41.5 Å². The van der Waals surface area contributed by atoms with Crippen LogP contribution in [0.3, 0.4) is 0 Å². The van der Waals surface area contributed by atoms with E-state index in [0.717, 1.165) is 64.7 Å². The molecule has 5 aliphatic rings. The van der Waals surface area contributed by atoms with E-state index in [2.05, 4.69) is 94.6 Å². The van der Waals surface area contributed by atoms with Crippen molar-refractivity contribution in [2.24, 2.45) is 20.0 Å². The molecule has 42 heavy (non-hydrogen) atoms. The summed E-state index contributed by atoms with van der Waals surface area (Å²) in [7, 11) is 2.09. The van der Waals surface area contributed by atoms with Gasteiger partial charge in [0.2, 0.25) is 0 Å². The van der Waals surface area contributed by atoms with Crippen LogP contribution in [0.25, 0.3) is 18.2 Å². The van der Waals surface area contributed by atoms with Gasteiger partial charge in [-0.3, -0.25) is 0 Å². The van der Waals surface area contributed by atoms with Crippen LogP contribution in [0, 0.1) is 0 Å². The average Bonchev–Trinajstić information content (AvgIpc) is 3.29. The maximum absolute atomic E-state index is 5.47. The summed E-state index contributed by atoms with van der Waals surface area (Å²) in [6, 6.07) is 16.9. The quantitative estimate of drug-likeness (QED) is 0.346. The Morgan fingerprint density at radius 1 is 0.952 bits per heavy atom. The van der Waals surface area contributed by atoms with Crippen LogP contribution in [-0.4, -0.2) is 40.1 Å². The second-order valence-electron chi connectivity index (χ2n) is 11.3. The number of nitrogens with one attached hydrogen (secondary N) is 2. The van der Waals surface area contributed by atoms with Crippen LogP contribution in [0.1, 0.15) is 57.1 Å². The van der Waals surface area contributed by atoms with E-state index in [9.17, 15) is 0 Å². The molecule has 2 N–H and O–H groups in total. The molecule has 9 rings (SSSR count). The normalized spacial score (nSPS) is 23.0. The predicted molar refractivity (Wildman–Crippen MR) is 167 cm³/mol. The summed E-state index contributed by atoms with van der Waals surface area (Å²) in [6.07, 6.45) is 9.74. The number of aromatic amines is 2. The molecular weight excluding hydrogens is 520 g/mol. The third-order valence-electron chi connectivity index (χ3n) is 9.14. The summed E-state index contributed by atoms with van der Waals surface area (Å²) in [5.41, 5.74) is 9.49. The highest BCUT2D eigenvalue weighted by Gasteiger charge is 2.60. The van der Waals surface area contributed by atoms with E-state index in [1.54, 1.807) is 0 Å². The van der Waals surface area contributed by atoms with Gasteiger partial charge in [0.05, 0.1) is 6.54 Å². The van der Waals surface area contributed by atoms with E-state index < -0.39 is 5.66 Å². The van der Waals surface area contributed by atoms with Crippen molar-refractivity contribution < 1.29 is 0 Å². The van der Waals surface area contributed by atoms with E-state index in [1.165, 1.54) is 16.7 Å². The fraction of sp³-hybridized carbons (Fsp3) is 0.176. The van der Waals surface area contributed by atoms with Crippen molar-refractivity contribution in [2.45, 2.75) is 24.7 Å². The molecule has 1 spiro atoms. The highest BCUT2D eigenvalue weighted by atomic mass is 15.5. The third-order valence-corrected chi connectivity index (χ3v) is 9.14. The predicted octanol–water partition coefficient (Wildman–Crippen LogP) is 5.00. The van der Waals surface area contributed by atoms with Crippen LogP contribution in [0.4, 0.5) is 11.6 Å². The average molecular weight is 549 g/mol. The van der Waals surface area contributed by atoms with Gasteiger partial charge in [-0.05, 0) is 12.8 Å². The van der Waals surface area contributed by atoms with Crippen molar-refractivity contribution in [1.29, 1.82) is 0 Å². The standard InChI is InChI=1S/C34H28N8/c1-4-19-20(5-2)28-35-27(19)36-29-21-12-6-8-14-23(21)31(38-29)41(3)33-25-16-10-11-17-26(25)34(40-33)18-42(34)32-24-15-9-7-13-22(24)30(37-28)39-32/h4-6,8-12,14-17,31,39H,1-2,7,13,18H2,3H3,(H,35,36,37,38). The summed E-state index contributed by atoms with van der Waals surface area (Å²) in [5.74, 6) is 3.51. The van der Waals surface area contributed by atoms with Gasteiger partial charge in [0, 0.05) is 51.6 Å². The van der Waals surface area contributed by atoms with Crippen molar-refractivity contribution in [2.75, 3.05) is 18.5 Å². The molecule has 2 aromatic heterocycles. The first-order chi connectivity index (χ1) is 20.6. The van der Waals surface area contributed by atoms with Crippen molar-refractivity contribution in [1.82, 2.24) is 14.9 Å². The van der Waals surface area contributed by atoms with Crippen LogP contribution in [0.2, 0.25) is 0 Å². The molecule has 2 atom stereocenters. The van der Waals surface area contributed by atoms with Crippen molar-refractivity contribution in [3.8, 4) is 0 Å². The van der Waals surface area contributed by atoms with E-state index >= 15 is 0 Å². The van der Waals surface area contributed by atoms with Crippen molar-refractivity contribution in [3.05, 3.63) is 123 Å². The number of rotatable bonds is 2. The highest BCUT2D eigenvalue weighted by molar-refractivity contribution is 6.07. The number of amidine groups is 2. The number of benzene rings is 2. The minimum atomic E-state index is -0.463. The number of aliphatic imine (C=N–C) groups is 2. The molecule has 0 radical (unpaired) electrons. The first kappa shape index (κ1) is 23.5. The van der Waals surface area contributed by atoms with Crippen LogP contribution in [-0.2, 0) is 12.1 Å². The second-order valence-corrected chi connectivity index (χ2v) is 11.3. The molecule has 4 aliphatic heterocycles. The highest BCUT2D eigenvalue weighted by Crippen LogP contribution is 2.55. The van der Waals surface area contributed by atoms with E-state index in [4.69, 9.17) is 20.0 Å². The largest absolute Gasteiger partial charge is 0.333 e. The number of hydrogen-bond acceptors (Lipinski definition) is 6. The first-order valence-electron chi connectivity index (χ1n) is 14.3. The molecule has 1 saturated heterocycles. The number of fused-ring (bicyclic) bond motifs is 14. The topological polar surface area (TPSA) is 87.3 Å². The van der Waals surface area contributed by atoms with Gasteiger partial charge < -0.3 is 19.8 Å². The monoisotopic (exact) mass is 548 g/mol. The Bertz CT molecular complexity index is 2100. The number of hydrogen-bond donors (Lipinski definition) is 2. The van der Waals surface area contributed by atoms with Crippen LogP contribution in [0.5, 0.6) is 0 Å². The molecule has 4 aromatic rings. The summed E-state index contributed by atoms with van der Waals surface area (Å²) in [5, 5.41) is 0. The zero-order chi connectivity index (χ0) is 28.2.